The van der Waals surface area contributed by atoms with E-state index in [1.165, 1.54) is 30.4 Å². The predicted molar refractivity (Wildman–Crippen MR) is 64.8 cm³/mol. The van der Waals surface area contributed by atoms with Gasteiger partial charge in [-0.25, -0.2) is 0 Å². The average Bonchev–Trinajstić information content (AvgIpc) is 2.14. The van der Waals surface area contributed by atoms with Crippen molar-refractivity contribution in [2.45, 2.75) is 53.9 Å². The van der Waals surface area contributed by atoms with E-state index in [2.05, 4.69) is 26.8 Å². The zero-order valence-electron chi connectivity index (χ0n) is 10.6. The lowest BCUT2D eigenvalue weighted by Crippen LogP contribution is -2.21. The quantitative estimate of drug-likeness (QED) is 0.492. The summed E-state index contributed by atoms with van der Waals surface area (Å²) < 4.78 is 0. The Morgan fingerprint density at radius 3 is 2.47 bits per heavy atom. The molecule has 1 rings (SSSR count). The summed E-state index contributed by atoms with van der Waals surface area (Å²) in [5.74, 6) is 0.187. The molecule has 1 heteroatoms. The van der Waals surface area contributed by atoms with Crippen LogP contribution in [0.3, 0.4) is 0 Å². The van der Waals surface area contributed by atoms with Gasteiger partial charge in [-0.15, -0.1) is 0 Å². The first-order valence-electron chi connectivity index (χ1n) is 5.74. The second-order valence-corrected chi connectivity index (χ2v) is 5.06. The summed E-state index contributed by atoms with van der Waals surface area (Å²) in [6.07, 6.45) is 5.78. The third-order valence-corrected chi connectivity index (χ3v) is 3.84. The molecule has 84 valence electrons. The van der Waals surface area contributed by atoms with Crippen LogP contribution in [0.1, 0.15) is 53.9 Å². The van der Waals surface area contributed by atoms with Crippen molar-refractivity contribution >= 4 is 5.78 Å². The first-order valence-corrected chi connectivity index (χ1v) is 5.74. The summed E-state index contributed by atoms with van der Waals surface area (Å²) in [4.78, 5) is 11.3. The smallest absolute Gasteiger partial charge is 0.155 e. The van der Waals surface area contributed by atoms with Crippen LogP contribution in [0, 0.1) is 5.41 Å². The lowest BCUT2D eigenvalue weighted by atomic mass is 9.71. The van der Waals surface area contributed by atoms with Crippen LogP contribution >= 0.6 is 0 Å². The second kappa shape index (κ2) is 4.34. The summed E-state index contributed by atoms with van der Waals surface area (Å²) in [5.41, 5.74) is 3.95. The molecule has 1 aliphatic rings. The van der Waals surface area contributed by atoms with Crippen LogP contribution in [0.15, 0.2) is 22.8 Å². The molecule has 0 spiro atoms. The van der Waals surface area contributed by atoms with Crippen molar-refractivity contribution in [3.8, 4) is 0 Å². The van der Waals surface area contributed by atoms with Crippen molar-refractivity contribution < 1.29 is 4.79 Å². The monoisotopic (exact) mass is 206 g/mol. The van der Waals surface area contributed by atoms with Gasteiger partial charge in [0, 0.05) is 5.41 Å². The molecule has 0 aromatic carbocycles. The molecule has 0 heterocycles. The minimum absolute atomic E-state index is 0.109. The number of ketones is 1. The van der Waals surface area contributed by atoms with Crippen molar-refractivity contribution in [3.63, 3.8) is 0 Å². The molecule has 0 saturated heterocycles. The normalized spacial score (nSPS) is 28.2. The maximum absolute atomic E-state index is 11.3. The highest BCUT2D eigenvalue weighted by Crippen LogP contribution is 2.42. The van der Waals surface area contributed by atoms with Gasteiger partial charge in [-0.05, 0) is 52.5 Å². The van der Waals surface area contributed by atoms with Crippen molar-refractivity contribution in [1.82, 2.24) is 0 Å². The fourth-order valence-corrected chi connectivity index (χ4v) is 2.34. The molecule has 0 aliphatic heterocycles. The lowest BCUT2D eigenvalue weighted by Gasteiger charge is -2.34. The topological polar surface area (TPSA) is 17.1 Å². The van der Waals surface area contributed by atoms with Crippen LogP contribution in [0.5, 0.6) is 0 Å². The van der Waals surface area contributed by atoms with Crippen LogP contribution in [0.4, 0.5) is 0 Å². The van der Waals surface area contributed by atoms with Crippen LogP contribution in [-0.4, -0.2) is 5.78 Å². The lowest BCUT2D eigenvalue weighted by molar-refractivity contribution is -0.113. The summed E-state index contributed by atoms with van der Waals surface area (Å²) in [5, 5.41) is 0. The van der Waals surface area contributed by atoms with Crippen molar-refractivity contribution in [1.29, 1.82) is 0 Å². The number of Topliss-reactive ketones (excluding diaryl/α,β-unsaturated/α-hetero) is 1. The number of hydrogen-bond acceptors (Lipinski definition) is 1. The van der Waals surface area contributed by atoms with Gasteiger partial charge in [0.1, 0.15) is 0 Å². The van der Waals surface area contributed by atoms with Crippen LogP contribution in [0.2, 0.25) is 0 Å². The van der Waals surface area contributed by atoms with Gasteiger partial charge in [-0.2, -0.15) is 0 Å². The Morgan fingerprint density at radius 2 is 1.93 bits per heavy atom. The van der Waals surface area contributed by atoms with E-state index in [0.29, 0.717) is 0 Å². The fourth-order valence-electron chi connectivity index (χ4n) is 2.34. The van der Waals surface area contributed by atoms with E-state index in [1.54, 1.807) is 6.92 Å². The van der Waals surface area contributed by atoms with Gasteiger partial charge in [0.25, 0.3) is 0 Å². The molecule has 0 radical (unpaired) electrons. The Kier molecular flexibility index (Phi) is 3.54. The molecule has 0 bridgehead atoms. The third-order valence-electron chi connectivity index (χ3n) is 3.84. The number of carbonyl (C=O) groups excluding carboxylic acids is 1. The molecule has 0 fully saturated rings. The van der Waals surface area contributed by atoms with Gasteiger partial charge in [-0.1, -0.05) is 24.1 Å². The molecular formula is C14H22O. The minimum Gasteiger partial charge on any atom is -0.295 e. The number of rotatable bonds is 2. The summed E-state index contributed by atoms with van der Waals surface area (Å²) in [6.45, 7) is 10.2. The predicted octanol–water partition coefficient (Wildman–Crippen LogP) is 4.05. The maximum Gasteiger partial charge on any atom is 0.155 e. The second-order valence-electron chi connectivity index (χ2n) is 5.06. The molecule has 0 N–H and O–H groups in total. The van der Waals surface area contributed by atoms with E-state index >= 15 is 0 Å². The Labute approximate surface area is 93.3 Å². The van der Waals surface area contributed by atoms with E-state index in [1.807, 2.05) is 6.92 Å². The summed E-state index contributed by atoms with van der Waals surface area (Å²) in [6, 6.07) is 0. The summed E-state index contributed by atoms with van der Waals surface area (Å²) in [7, 11) is 0. The highest BCUT2D eigenvalue weighted by molar-refractivity contribution is 5.92. The number of hydrogen-bond donors (Lipinski definition) is 0. The van der Waals surface area contributed by atoms with E-state index in [-0.39, 0.29) is 11.2 Å². The highest BCUT2D eigenvalue weighted by Gasteiger charge is 2.28. The van der Waals surface area contributed by atoms with Gasteiger partial charge in [0.05, 0.1) is 0 Å². The fraction of sp³-hybridized carbons (Fsp3) is 0.643. The number of carbonyl (C=O) groups is 1. The van der Waals surface area contributed by atoms with E-state index in [4.69, 9.17) is 0 Å². The molecule has 0 amide bonds. The van der Waals surface area contributed by atoms with Gasteiger partial charge < -0.3 is 0 Å². The van der Waals surface area contributed by atoms with Crippen LogP contribution in [0.25, 0.3) is 0 Å². The van der Waals surface area contributed by atoms with Crippen LogP contribution in [-0.2, 0) is 4.79 Å². The van der Waals surface area contributed by atoms with Gasteiger partial charge in [0.15, 0.2) is 5.78 Å². The molecule has 1 nitrogen and oxygen atoms in total. The van der Waals surface area contributed by atoms with Gasteiger partial charge in [-0.3, -0.25) is 4.79 Å². The Bertz CT molecular complexity index is 333. The van der Waals surface area contributed by atoms with Gasteiger partial charge in [0.2, 0.25) is 0 Å². The molecule has 15 heavy (non-hydrogen) atoms. The van der Waals surface area contributed by atoms with Gasteiger partial charge >= 0.3 is 0 Å². The first-order chi connectivity index (χ1) is 6.87. The minimum atomic E-state index is 0.109. The maximum atomic E-state index is 11.3. The first kappa shape index (κ1) is 12.2. The van der Waals surface area contributed by atoms with Crippen molar-refractivity contribution in [2.75, 3.05) is 0 Å². The SMILES string of the molecule is CC(=O)/C(C)=C/C1(C)CCCC(C)=C1C. The Morgan fingerprint density at radius 1 is 1.33 bits per heavy atom. The van der Waals surface area contributed by atoms with E-state index in [0.717, 1.165) is 5.57 Å². The standard InChI is InChI=1S/C14H22O/c1-10-7-6-8-14(5,12(10)3)9-11(2)13(4)15/h9H,6-8H2,1-5H3/b11-9+. The molecule has 1 unspecified atom stereocenters. The largest absolute Gasteiger partial charge is 0.295 e. The number of allylic oxidation sites excluding steroid dienone is 4. The van der Waals surface area contributed by atoms with Crippen molar-refractivity contribution in [3.05, 3.63) is 22.8 Å². The zero-order chi connectivity index (χ0) is 11.6. The molecule has 1 atom stereocenters. The Hall–Kier alpha value is -0.850. The summed E-state index contributed by atoms with van der Waals surface area (Å²) >= 11 is 0. The Balaban J connectivity index is 3.07. The molecule has 0 aromatic heterocycles. The molecule has 0 saturated carbocycles. The van der Waals surface area contributed by atoms with E-state index in [9.17, 15) is 4.79 Å². The molecular weight excluding hydrogens is 184 g/mol. The van der Waals surface area contributed by atoms with Crippen LogP contribution < -0.4 is 0 Å². The van der Waals surface area contributed by atoms with Crippen molar-refractivity contribution in [2.24, 2.45) is 5.41 Å². The molecule has 0 aromatic rings. The zero-order valence-corrected chi connectivity index (χ0v) is 10.6. The third kappa shape index (κ3) is 2.58. The molecule has 1 aliphatic carbocycles. The van der Waals surface area contributed by atoms with E-state index < -0.39 is 0 Å². The highest BCUT2D eigenvalue weighted by atomic mass is 16.1. The average molecular weight is 206 g/mol.